The Bertz CT molecular complexity index is 712. The summed E-state index contributed by atoms with van der Waals surface area (Å²) in [5.41, 5.74) is 5.16. The van der Waals surface area contributed by atoms with Crippen LogP contribution in [0.3, 0.4) is 0 Å². The number of rotatable bonds is 8. The molecule has 2 rings (SSSR count). The molecule has 2 aromatic rings. The zero-order valence-electron chi connectivity index (χ0n) is 14.4. The number of nitrogens with zero attached hydrogens (tertiary/aromatic N) is 1. The number of hydrogen-bond acceptors (Lipinski definition) is 3. The zero-order valence-corrected chi connectivity index (χ0v) is 14.4. The summed E-state index contributed by atoms with van der Waals surface area (Å²) in [5, 5.41) is 6.84. The van der Waals surface area contributed by atoms with E-state index in [1.807, 2.05) is 60.7 Å². The molecule has 0 saturated heterocycles. The standard InChI is InChI=1S/C20H23N3O2/c1-16(22-23-20(25)15-18-10-6-3-7-11-18)14-19(24)21-13-12-17-8-4-2-5-9-17/h2-11H,12-15H2,1H3,(H,21,24)(H,23,25)/b22-16+. The molecule has 0 aliphatic heterocycles. The molecule has 2 amide bonds. The summed E-state index contributed by atoms with van der Waals surface area (Å²) in [5.74, 6) is -0.301. The summed E-state index contributed by atoms with van der Waals surface area (Å²) in [6.45, 7) is 2.30. The molecule has 2 aromatic carbocycles. The number of carbonyl (C=O) groups excluding carboxylic acids is 2. The molecule has 0 aliphatic carbocycles. The van der Waals surface area contributed by atoms with Crippen LogP contribution in [0.15, 0.2) is 65.8 Å². The third kappa shape index (κ3) is 7.44. The third-order valence-corrected chi connectivity index (χ3v) is 3.57. The van der Waals surface area contributed by atoms with Crippen LogP contribution < -0.4 is 10.7 Å². The summed E-state index contributed by atoms with van der Waals surface area (Å²) >= 11 is 0. The minimum Gasteiger partial charge on any atom is -0.355 e. The van der Waals surface area contributed by atoms with E-state index in [1.54, 1.807) is 6.92 Å². The molecule has 2 N–H and O–H groups in total. The molecule has 25 heavy (non-hydrogen) atoms. The summed E-state index contributed by atoms with van der Waals surface area (Å²) in [6, 6.07) is 19.4. The number of nitrogens with one attached hydrogen (secondary N) is 2. The van der Waals surface area contributed by atoms with Crippen LogP contribution in [0.5, 0.6) is 0 Å². The predicted octanol–water partition coefficient (Wildman–Crippen LogP) is 2.47. The van der Waals surface area contributed by atoms with Crippen LogP contribution >= 0.6 is 0 Å². The Balaban J connectivity index is 1.67. The Morgan fingerprint density at radius 2 is 1.48 bits per heavy atom. The van der Waals surface area contributed by atoms with Crippen LogP contribution in [0.4, 0.5) is 0 Å². The Hall–Kier alpha value is -2.95. The van der Waals surface area contributed by atoms with Crippen molar-refractivity contribution in [2.75, 3.05) is 6.54 Å². The molecular weight excluding hydrogens is 314 g/mol. The predicted molar refractivity (Wildman–Crippen MR) is 99.2 cm³/mol. The van der Waals surface area contributed by atoms with E-state index in [0.717, 1.165) is 12.0 Å². The summed E-state index contributed by atoms with van der Waals surface area (Å²) < 4.78 is 0. The lowest BCUT2D eigenvalue weighted by Crippen LogP contribution is -2.28. The van der Waals surface area contributed by atoms with Crippen LogP contribution in [0.25, 0.3) is 0 Å². The molecule has 0 spiro atoms. The second-order valence-electron chi connectivity index (χ2n) is 5.81. The highest BCUT2D eigenvalue weighted by molar-refractivity contribution is 6.00. The SMILES string of the molecule is C/C(CC(=O)NCCc1ccccc1)=N\NC(=O)Cc1ccccc1. The van der Waals surface area contributed by atoms with Crippen LogP contribution in [0.2, 0.25) is 0 Å². The van der Waals surface area contributed by atoms with E-state index in [1.165, 1.54) is 5.56 Å². The summed E-state index contributed by atoms with van der Waals surface area (Å²) in [4.78, 5) is 23.7. The van der Waals surface area contributed by atoms with Crippen molar-refractivity contribution in [2.45, 2.75) is 26.2 Å². The molecule has 0 heterocycles. The van der Waals surface area contributed by atoms with Crippen molar-refractivity contribution in [2.24, 2.45) is 5.10 Å². The van der Waals surface area contributed by atoms with E-state index in [9.17, 15) is 9.59 Å². The molecule has 5 heteroatoms. The normalized spacial score (nSPS) is 11.0. The lowest BCUT2D eigenvalue weighted by molar-refractivity contribution is -0.121. The molecular formula is C20H23N3O2. The minimum atomic E-state index is -0.199. The van der Waals surface area contributed by atoms with Gasteiger partial charge in [0.2, 0.25) is 11.8 Å². The molecule has 0 fully saturated rings. The Morgan fingerprint density at radius 3 is 2.12 bits per heavy atom. The van der Waals surface area contributed by atoms with E-state index >= 15 is 0 Å². The van der Waals surface area contributed by atoms with Crippen molar-refractivity contribution in [1.29, 1.82) is 0 Å². The van der Waals surface area contributed by atoms with Gasteiger partial charge < -0.3 is 5.32 Å². The van der Waals surface area contributed by atoms with Gasteiger partial charge in [0.25, 0.3) is 0 Å². The van der Waals surface area contributed by atoms with Crippen molar-refractivity contribution in [3.8, 4) is 0 Å². The van der Waals surface area contributed by atoms with E-state index in [2.05, 4.69) is 15.8 Å². The van der Waals surface area contributed by atoms with Gasteiger partial charge in [0, 0.05) is 12.3 Å². The van der Waals surface area contributed by atoms with Gasteiger partial charge in [-0.1, -0.05) is 60.7 Å². The van der Waals surface area contributed by atoms with Gasteiger partial charge in [-0.25, -0.2) is 5.43 Å². The Labute approximate surface area is 148 Å². The van der Waals surface area contributed by atoms with E-state index in [-0.39, 0.29) is 24.7 Å². The number of carbonyl (C=O) groups is 2. The Morgan fingerprint density at radius 1 is 0.880 bits per heavy atom. The molecule has 0 bridgehead atoms. The molecule has 0 radical (unpaired) electrons. The maximum Gasteiger partial charge on any atom is 0.244 e. The molecule has 0 unspecified atom stereocenters. The van der Waals surface area contributed by atoms with Crippen molar-refractivity contribution < 1.29 is 9.59 Å². The van der Waals surface area contributed by atoms with Crippen molar-refractivity contribution in [1.82, 2.24) is 10.7 Å². The average molecular weight is 337 g/mol. The monoisotopic (exact) mass is 337 g/mol. The van der Waals surface area contributed by atoms with Crippen LogP contribution in [-0.2, 0) is 22.4 Å². The maximum absolute atomic E-state index is 11.9. The van der Waals surface area contributed by atoms with Crippen LogP contribution in [-0.4, -0.2) is 24.1 Å². The van der Waals surface area contributed by atoms with E-state index < -0.39 is 0 Å². The smallest absolute Gasteiger partial charge is 0.244 e. The summed E-state index contributed by atoms with van der Waals surface area (Å²) in [7, 11) is 0. The zero-order chi connectivity index (χ0) is 17.9. The lowest BCUT2D eigenvalue weighted by atomic mass is 10.1. The van der Waals surface area contributed by atoms with Gasteiger partial charge in [0.05, 0.1) is 12.8 Å². The highest BCUT2D eigenvalue weighted by atomic mass is 16.2. The van der Waals surface area contributed by atoms with Gasteiger partial charge in [-0.05, 0) is 24.5 Å². The van der Waals surface area contributed by atoms with Crippen LogP contribution in [0.1, 0.15) is 24.5 Å². The molecule has 130 valence electrons. The number of amides is 2. The number of hydrogen-bond donors (Lipinski definition) is 2. The average Bonchev–Trinajstić information content (AvgIpc) is 2.62. The summed E-state index contributed by atoms with van der Waals surface area (Å²) in [6.07, 6.45) is 1.22. The fourth-order valence-electron chi connectivity index (χ4n) is 2.30. The van der Waals surface area contributed by atoms with E-state index in [4.69, 9.17) is 0 Å². The van der Waals surface area contributed by atoms with Gasteiger partial charge in [0.1, 0.15) is 0 Å². The first-order valence-electron chi connectivity index (χ1n) is 8.30. The van der Waals surface area contributed by atoms with Gasteiger partial charge in [0.15, 0.2) is 0 Å². The van der Waals surface area contributed by atoms with Gasteiger partial charge in [-0.3, -0.25) is 9.59 Å². The molecule has 0 aromatic heterocycles. The van der Waals surface area contributed by atoms with Crippen LogP contribution in [0, 0.1) is 0 Å². The maximum atomic E-state index is 11.9. The topological polar surface area (TPSA) is 70.6 Å². The Kier molecular flexibility index (Phi) is 7.38. The first-order valence-corrected chi connectivity index (χ1v) is 8.30. The van der Waals surface area contributed by atoms with Gasteiger partial charge in [-0.2, -0.15) is 5.10 Å². The number of benzene rings is 2. The fourth-order valence-corrected chi connectivity index (χ4v) is 2.30. The minimum absolute atomic E-state index is 0.102. The largest absolute Gasteiger partial charge is 0.355 e. The molecule has 0 saturated carbocycles. The van der Waals surface area contributed by atoms with Crippen molar-refractivity contribution >= 4 is 17.5 Å². The van der Waals surface area contributed by atoms with E-state index in [0.29, 0.717) is 12.3 Å². The second-order valence-corrected chi connectivity index (χ2v) is 5.81. The second kappa shape index (κ2) is 10.0. The first kappa shape index (κ1) is 18.4. The van der Waals surface area contributed by atoms with Gasteiger partial charge in [-0.15, -0.1) is 0 Å². The molecule has 5 nitrogen and oxygen atoms in total. The third-order valence-electron chi connectivity index (χ3n) is 3.57. The number of hydrazone groups is 1. The van der Waals surface area contributed by atoms with Gasteiger partial charge >= 0.3 is 0 Å². The highest BCUT2D eigenvalue weighted by Crippen LogP contribution is 2.00. The van der Waals surface area contributed by atoms with Crippen molar-refractivity contribution in [3.05, 3.63) is 71.8 Å². The fraction of sp³-hybridized carbons (Fsp3) is 0.250. The van der Waals surface area contributed by atoms with Crippen molar-refractivity contribution in [3.63, 3.8) is 0 Å². The molecule has 0 aliphatic rings. The first-order chi connectivity index (χ1) is 12.1. The molecule has 0 atom stereocenters. The lowest BCUT2D eigenvalue weighted by Gasteiger charge is -2.06. The highest BCUT2D eigenvalue weighted by Gasteiger charge is 2.05. The quantitative estimate of drug-likeness (QED) is 0.574.